The second-order valence-corrected chi connectivity index (χ2v) is 7.31. The molecule has 0 bridgehead atoms. The summed E-state index contributed by atoms with van der Waals surface area (Å²) in [6.45, 7) is 7.92. The average molecular weight is 300 g/mol. The summed E-state index contributed by atoms with van der Waals surface area (Å²) in [7, 11) is 0. The van der Waals surface area contributed by atoms with Crippen LogP contribution < -0.4 is 5.32 Å². The Labute approximate surface area is 124 Å². The molecule has 114 valence electrons. The summed E-state index contributed by atoms with van der Waals surface area (Å²) in [5.74, 6) is 0.439. The number of thioether (sulfide) groups is 1. The van der Waals surface area contributed by atoms with Gasteiger partial charge in [0.15, 0.2) is 0 Å². The number of likely N-dealkylation sites (tertiary alicyclic amines) is 1. The first-order chi connectivity index (χ1) is 9.24. The molecule has 1 rings (SSSR count). The van der Waals surface area contributed by atoms with Crippen molar-refractivity contribution < 1.29 is 14.4 Å². The summed E-state index contributed by atoms with van der Waals surface area (Å²) in [6, 6.07) is 0. The quantitative estimate of drug-likeness (QED) is 0.756. The predicted molar refractivity (Wildman–Crippen MR) is 80.4 cm³/mol. The number of imide groups is 1. The van der Waals surface area contributed by atoms with Crippen LogP contribution in [0, 0.1) is 0 Å². The zero-order valence-electron chi connectivity index (χ0n) is 12.7. The van der Waals surface area contributed by atoms with Crippen LogP contribution >= 0.6 is 11.8 Å². The van der Waals surface area contributed by atoms with Gasteiger partial charge in [0.2, 0.25) is 17.7 Å². The molecule has 5 nitrogen and oxygen atoms in total. The van der Waals surface area contributed by atoms with Crippen LogP contribution in [0.15, 0.2) is 0 Å². The van der Waals surface area contributed by atoms with E-state index in [4.69, 9.17) is 0 Å². The van der Waals surface area contributed by atoms with Crippen molar-refractivity contribution in [2.24, 2.45) is 0 Å². The van der Waals surface area contributed by atoms with Crippen molar-refractivity contribution in [3.05, 3.63) is 0 Å². The van der Waals surface area contributed by atoms with Gasteiger partial charge in [-0.15, -0.1) is 11.8 Å². The predicted octanol–water partition coefficient (Wildman–Crippen LogP) is 1.56. The van der Waals surface area contributed by atoms with Gasteiger partial charge in [-0.1, -0.05) is 6.92 Å². The molecule has 1 N–H and O–H groups in total. The molecule has 1 aliphatic rings. The number of nitrogens with zero attached hydrogens (tertiary/aromatic N) is 1. The first kappa shape index (κ1) is 17.0. The zero-order chi connectivity index (χ0) is 15.3. The first-order valence-electron chi connectivity index (χ1n) is 7.01. The van der Waals surface area contributed by atoms with Crippen molar-refractivity contribution in [3.63, 3.8) is 0 Å². The lowest BCUT2D eigenvalue weighted by Crippen LogP contribution is -2.42. The summed E-state index contributed by atoms with van der Waals surface area (Å²) in [6.07, 6.45) is 1.42. The molecule has 1 saturated heterocycles. The summed E-state index contributed by atoms with van der Waals surface area (Å²) in [5, 5.41) is 2.57. The minimum atomic E-state index is -0.296. The Balaban J connectivity index is 2.46. The molecule has 1 fully saturated rings. The highest BCUT2D eigenvalue weighted by Gasteiger charge is 2.38. The van der Waals surface area contributed by atoms with Crippen LogP contribution in [0.2, 0.25) is 0 Å². The van der Waals surface area contributed by atoms with E-state index < -0.39 is 0 Å². The molecule has 3 amide bonds. The molecule has 1 atom stereocenters. The van der Waals surface area contributed by atoms with Gasteiger partial charge < -0.3 is 5.32 Å². The van der Waals surface area contributed by atoms with E-state index in [9.17, 15) is 14.4 Å². The number of carbonyl (C=O) groups is 3. The van der Waals surface area contributed by atoms with Crippen molar-refractivity contribution in [1.29, 1.82) is 0 Å². The molecule has 0 radical (unpaired) electrons. The van der Waals surface area contributed by atoms with Crippen LogP contribution in [0.5, 0.6) is 0 Å². The Morgan fingerprint density at radius 2 is 2.05 bits per heavy atom. The minimum Gasteiger partial charge on any atom is -0.351 e. The monoisotopic (exact) mass is 300 g/mol. The maximum Gasteiger partial charge on any atom is 0.242 e. The normalized spacial score (nSPS) is 19.6. The second-order valence-electron chi connectivity index (χ2n) is 6.00. The number of hydrogen-bond acceptors (Lipinski definition) is 4. The maximum absolute atomic E-state index is 12.1. The lowest BCUT2D eigenvalue weighted by molar-refractivity contribution is -0.138. The summed E-state index contributed by atoms with van der Waals surface area (Å²) < 4.78 is 0. The van der Waals surface area contributed by atoms with Gasteiger partial charge in [0.1, 0.15) is 0 Å². The number of rotatable bonds is 6. The Morgan fingerprint density at radius 1 is 1.40 bits per heavy atom. The maximum atomic E-state index is 12.1. The van der Waals surface area contributed by atoms with E-state index in [2.05, 4.69) is 5.32 Å². The molecule has 0 saturated carbocycles. The molecular formula is C14H24N2O3S. The average Bonchev–Trinajstić information content (AvgIpc) is 2.57. The topological polar surface area (TPSA) is 66.5 Å². The third-order valence-electron chi connectivity index (χ3n) is 2.80. The van der Waals surface area contributed by atoms with E-state index >= 15 is 0 Å². The smallest absolute Gasteiger partial charge is 0.242 e. The van der Waals surface area contributed by atoms with Crippen molar-refractivity contribution in [1.82, 2.24) is 10.2 Å². The van der Waals surface area contributed by atoms with Crippen LogP contribution in [-0.2, 0) is 14.4 Å². The van der Waals surface area contributed by atoms with Gasteiger partial charge in [0.25, 0.3) is 0 Å². The van der Waals surface area contributed by atoms with Gasteiger partial charge in [0.05, 0.1) is 5.25 Å². The summed E-state index contributed by atoms with van der Waals surface area (Å²) >= 11 is 1.53. The molecule has 0 aromatic heterocycles. The molecular weight excluding hydrogens is 276 g/mol. The number of carbonyl (C=O) groups excluding carboxylic acids is 3. The summed E-state index contributed by atoms with van der Waals surface area (Å²) in [5.41, 5.74) is -0.296. The Morgan fingerprint density at radius 3 is 2.60 bits per heavy atom. The van der Waals surface area contributed by atoms with E-state index in [0.29, 0.717) is 0 Å². The van der Waals surface area contributed by atoms with Crippen LogP contribution in [0.1, 0.15) is 47.0 Å². The lowest BCUT2D eigenvalue weighted by atomic mass is 10.1. The van der Waals surface area contributed by atoms with Crippen LogP contribution in [-0.4, -0.2) is 45.7 Å². The Kier molecular flexibility index (Phi) is 6.05. The highest BCUT2D eigenvalue weighted by molar-refractivity contribution is 8.00. The van der Waals surface area contributed by atoms with Gasteiger partial charge in [-0.05, 0) is 32.9 Å². The van der Waals surface area contributed by atoms with Gasteiger partial charge in [-0.3, -0.25) is 19.3 Å². The first-order valence-corrected chi connectivity index (χ1v) is 8.06. The van der Waals surface area contributed by atoms with Crippen LogP contribution in [0.4, 0.5) is 0 Å². The molecule has 1 unspecified atom stereocenters. The van der Waals surface area contributed by atoms with E-state index in [1.807, 2.05) is 27.7 Å². The van der Waals surface area contributed by atoms with E-state index in [0.717, 1.165) is 12.2 Å². The zero-order valence-corrected chi connectivity index (χ0v) is 13.5. The van der Waals surface area contributed by atoms with Crippen LogP contribution in [0.25, 0.3) is 0 Å². The Hall–Kier alpha value is -1.04. The number of amides is 3. The molecule has 1 aliphatic heterocycles. The van der Waals surface area contributed by atoms with E-state index in [1.165, 1.54) is 16.7 Å². The van der Waals surface area contributed by atoms with E-state index in [1.54, 1.807) is 0 Å². The van der Waals surface area contributed by atoms with Gasteiger partial charge in [-0.2, -0.15) is 0 Å². The molecule has 6 heteroatoms. The van der Waals surface area contributed by atoms with Gasteiger partial charge in [0, 0.05) is 24.9 Å². The van der Waals surface area contributed by atoms with Gasteiger partial charge >= 0.3 is 0 Å². The van der Waals surface area contributed by atoms with Crippen molar-refractivity contribution in [2.75, 3.05) is 12.3 Å². The fourth-order valence-corrected chi connectivity index (χ4v) is 3.02. The molecule has 20 heavy (non-hydrogen) atoms. The number of nitrogens with one attached hydrogen (secondary N) is 1. The molecule has 0 aliphatic carbocycles. The third-order valence-corrected chi connectivity index (χ3v) is 4.22. The molecule has 0 aromatic rings. The highest BCUT2D eigenvalue weighted by Crippen LogP contribution is 2.25. The fourth-order valence-electron chi connectivity index (χ4n) is 1.97. The number of hydrogen-bond donors (Lipinski definition) is 1. The molecule has 0 aromatic carbocycles. The molecule has 1 heterocycles. The van der Waals surface area contributed by atoms with Crippen molar-refractivity contribution >= 4 is 29.5 Å². The lowest BCUT2D eigenvalue weighted by Gasteiger charge is -2.21. The van der Waals surface area contributed by atoms with Crippen LogP contribution in [0.3, 0.4) is 0 Å². The largest absolute Gasteiger partial charge is 0.351 e. The van der Waals surface area contributed by atoms with Crippen molar-refractivity contribution in [2.45, 2.75) is 57.7 Å². The standard InChI is InChI=1S/C14H24N2O3S/c1-5-8-20-10-9-12(18)16(13(10)19)7-6-11(17)15-14(2,3)4/h10H,5-9H2,1-4H3,(H,15,17). The minimum absolute atomic E-state index is 0.136. The fraction of sp³-hybridized carbons (Fsp3) is 0.786. The second kappa shape index (κ2) is 7.11. The molecule has 0 spiro atoms. The Bertz CT molecular complexity index is 390. The highest BCUT2D eigenvalue weighted by atomic mass is 32.2. The van der Waals surface area contributed by atoms with Crippen molar-refractivity contribution in [3.8, 4) is 0 Å². The van der Waals surface area contributed by atoms with Gasteiger partial charge in [-0.25, -0.2) is 0 Å². The van der Waals surface area contributed by atoms with E-state index in [-0.39, 0.29) is 47.9 Å². The third kappa shape index (κ3) is 5.15. The summed E-state index contributed by atoms with van der Waals surface area (Å²) in [4.78, 5) is 36.8. The SMILES string of the molecule is CCCSC1CC(=O)N(CCC(=O)NC(C)(C)C)C1=O.